The number of nitrogen functional groups attached to an aromatic ring is 1. The van der Waals surface area contributed by atoms with Crippen LogP contribution in [0.4, 0.5) is 5.13 Å². The molecule has 4 N–H and O–H groups in total. The van der Waals surface area contributed by atoms with Crippen molar-refractivity contribution >= 4 is 39.3 Å². The molecule has 0 amide bonds. The quantitative estimate of drug-likeness (QED) is 0.485. The molecule has 0 saturated carbocycles. The first kappa shape index (κ1) is 14.0. The normalized spacial score (nSPS) is 11.3. The molecule has 0 saturated heterocycles. The lowest BCUT2D eigenvalue weighted by Crippen LogP contribution is -2.14. The monoisotopic (exact) mass is 345 g/mol. The summed E-state index contributed by atoms with van der Waals surface area (Å²) in [5.41, 5.74) is 7.84. The van der Waals surface area contributed by atoms with Gasteiger partial charge in [-0.25, -0.2) is 4.98 Å². The minimum Gasteiger partial charge on any atom is -0.374 e. The molecular weight excluding hydrogens is 334 g/mol. The van der Waals surface area contributed by atoms with Crippen LogP contribution in [-0.2, 0) is 5.75 Å². The second kappa shape index (κ2) is 5.56. The first-order chi connectivity index (χ1) is 11.2. The van der Waals surface area contributed by atoms with E-state index in [-0.39, 0.29) is 5.56 Å². The van der Waals surface area contributed by atoms with Crippen LogP contribution in [0.2, 0.25) is 0 Å². The Labute approximate surface area is 137 Å². The summed E-state index contributed by atoms with van der Waals surface area (Å²) < 4.78 is 2.16. The van der Waals surface area contributed by atoms with Crippen LogP contribution in [0.1, 0.15) is 5.69 Å². The third kappa shape index (κ3) is 2.73. The number of aromatic amines is 2. The fraction of sp³-hybridized carbons (Fsp3) is 0.0769. The predicted molar refractivity (Wildman–Crippen MR) is 89.9 cm³/mol. The predicted octanol–water partition coefficient (Wildman–Crippen LogP) is 1.77. The van der Waals surface area contributed by atoms with Gasteiger partial charge in [-0.15, -0.1) is 10.2 Å². The number of thioether (sulfide) groups is 1. The molecule has 10 heteroatoms. The van der Waals surface area contributed by atoms with Crippen molar-refractivity contribution in [3.8, 4) is 5.95 Å². The van der Waals surface area contributed by atoms with E-state index in [4.69, 9.17) is 5.73 Å². The molecule has 0 aliphatic carbocycles. The minimum atomic E-state index is -0.170. The number of anilines is 1. The molecule has 4 rings (SSSR count). The molecule has 0 fully saturated rings. The van der Waals surface area contributed by atoms with E-state index in [1.807, 2.05) is 24.3 Å². The number of para-hydroxylation sites is 2. The molecule has 0 aliphatic heterocycles. The second-order valence-corrected chi connectivity index (χ2v) is 6.96. The van der Waals surface area contributed by atoms with Gasteiger partial charge in [-0.3, -0.25) is 9.89 Å². The lowest BCUT2D eigenvalue weighted by atomic mass is 10.3. The van der Waals surface area contributed by atoms with Gasteiger partial charge in [0.05, 0.1) is 11.0 Å². The van der Waals surface area contributed by atoms with E-state index >= 15 is 0 Å². The Balaban J connectivity index is 1.60. The molecule has 3 heterocycles. The van der Waals surface area contributed by atoms with Crippen molar-refractivity contribution < 1.29 is 0 Å². The lowest BCUT2D eigenvalue weighted by molar-refractivity contribution is 0.789. The van der Waals surface area contributed by atoms with Crippen molar-refractivity contribution in [1.29, 1.82) is 0 Å². The van der Waals surface area contributed by atoms with Crippen LogP contribution in [0, 0.1) is 0 Å². The molecule has 8 nitrogen and oxygen atoms in total. The standard InChI is InChI=1S/C13H11N7OS2/c14-11-17-18-13(23-11)22-6-7-5-10(21)20(19-7)12-15-8-3-1-2-4-9(8)16-12/h1-5,19H,6H2,(H2,14,17)(H,15,16). The maximum atomic E-state index is 12.1. The van der Waals surface area contributed by atoms with Gasteiger partial charge in [0, 0.05) is 17.5 Å². The summed E-state index contributed by atoms with van der Waals surface area (Å²) >= 11 is 2.79. The molecular formula is C13H11N7OS2. The van der Waals surface area contributed by atoms with Crippen LogP contribution in [0.5, 0.6) is 0 Å². The van der Waals surface area contributed by atoms with Gasteiger partial charge < -0.3 is 10.7 Å². The Hall–Kier alpha value is -2.59. The van der Waals surface area contributed by atoms with Gasteiger partial charge in [0.25, 0.3) is 5.56 Å². The third-order valence-corrected chi connectivity index (χ3v) is 5.07. The number of aromatic nitrogens is 6. The first-order valence-electron chi connectivity index (χ1n) is 6.67. The van der Waals surface area contributed by atoms with Crippen LogP contribution in [0.3, 0.4) is 0 Å². The topological polar surface area (TPSA) is 118 Å². The number of H-pyrrole nitrogens is 2. The van der Waals surface area contributed by atoms with Crippen LogP contribution in [0.25, 0.3) is 17.0 Å². The summed E-state index contributed by atoms with van der Waals surface area (Å²) in [5.74, 6) is 1.03. The SMILES string of the molecule is Nc1nnc(SCc2cc(=O)n(-c3nc4ccccc4[nH]3)[nH]2)s1. The molecule has 0 aliphatic rings. The number of nitrogens with zero attached hydrogens (tertiary/aromatic N) is 4. The largest absolute Gasteiger partial charge is 0.374 e. The molecule has 116 valence electrons. The Kier molecular flexibility index (Phi) is 3.39. The zero-order valence-corrected chi connectivity index (χ0v) is 13.3. The zero-order chi connectivity index (χ0) is 15.8. The van der Waals surface area contributed by atoms with E-state index in [1.54, 1.807) is 6.07 Å². The van der Waals surface area contributed by atoms with E-state index in [9.17, 15) is 4.79 Å². The number of hydrogen-bond acceptors (Lipinski definition) is 7. The van der Waals surface area contributed by atoms with Crippen molar-refractivity contribution in [2.45, 2.75) is 10.1 Å². The fourth-order valence-corrected chi connectivity index (χ4v) is 3.68. The van der Waals surface area contributed by atoms with Gasteiger partial charge in [0.2, 0.25) is 11.1 Å². The highest BCUT2D eigenvalue weighted by Crippen LogP contribution is 2.26. The summed E-state index contributed by atoms with van der Waals surface area (Å²) in [5, 5.41) is 11.2. The van der Waals surface area contributed by atoms with Crippen molar-refractivity contribution in [1.82, 2.24) is 29.9 Å². The Morgan fingerprint density at radius 2 is 2.17 bits per heavy atom. The molecule has 1 aromatic carbocycles. The fourth-order valence-electron chi connectivity index (χ4n) is 2.14. The molecule has 4 aromatic rings. The van der Waals surface area contributed by atoms with Gasteiger partial charge >= 0.3 is 0 Å². The van der Waals surface area contributed by atoms with E-state index in [2.05, 4.69) is 25.3 Å². The molecule has 0 radical (unpaired) electrons. The molecule has 23 heavy (non-hydrogen) atoms. The summed E-state index contributed by atoms with van der Waals surface area (Å²) in [6.45, 7) is 0. The zero-order valence-electron chi connectivity index (χ0n) is 11.7. The van der Waals surface area contributed by atoms with Crippen LogP contribution in [0.15, 0.2) is 39.5 Å². The Morgan fingerprint density at radius 3 is 2.96 bits per heavy atom. The number of fused-ring (bicyclic) bond motifs is 1. The van der Waals surface area contributed by atoms with Gasteiger partial charge in [-0.1, -0.05) is 35.2 Å². The minimum absolute atomic E-state index is 0.170. The highest BCUT2D eigenvalue weighted by Gasteiger charge is 2.10. The second-order valence-electron chi connectivity index (χ2n) is 4.73. The number of imidazole rings is 1. The smallest absolute Gasteiger partial charge is 0.274 e. The van der Waals surface area contributed by atoms with E-state index in [1.165, 1.54) is 27.8 Å². The van der Waals surface area contributed by atoms with Crippen LogP contribution in [-0.4, -0.2) is 29.9 Å². The van der Waals surface area contributed by atoms with E-state index < -0.39 is 0 Å². The van der Waals surface area contributed by atoms with Crippen molar-refractivity contribution in [2.24, 2.45) is 0 Å². The summed E-state index contributed by atoms with van der Waals surface area (Å²) in [6, 6.07) is 9.17. The number of benzene rings is 1. The number of hydrogen-bond donors (Lipinski definition) is 3. The van der Waals surface area contributed by atoms with Crippen molar-refractivity contribution in [2.75, 3.05) is 5.73 Å². The highest BCUT2D eigenvalue weighted by atomic mass is 32.2. The molecule has 0 unspecified atom stereocenters. The van der Waals surface area contributed by atoms with Gasteiger partial charge in [-0.05, 0) is 12.1 Å². The molecule has 3 aromatic heterocycles. The Bertz CT molecular complexity index is 995. The van der Waals surface area contributed by atoms with Crippen molar-refractivity contribution in [3.63, 3.8) is 0 Å². The third-order valence-electron chi connectivity index (χ3n) is 3.14. The molecule has 0 bridgehead atoms. The summed E-state index contributed by atoms with van der Waals surface area (Å²) in [7, 11) is 0. The summed E-state index contributed by atoms with van der Waals surface area (Å²) in [6.07, 6.45) is 0. The van der Waals surface area contributed by atoms with Gasteiger partial charge in [-0.2, -0.15) is 4.68 Å². The lowest BCUT2D eigenvalue weighted by Gasteiger charge is -1.96. The maximum absolute atomic E-state index is 12.1. The molecule has 0 spiro atoms. The van der Waals surface area contributed by atoms with Crippen LogP contribution < -0.4 is 11.3 Å². The summed E-state index contributed by atoms with van der Waals surface area (Å²) in [4.78, 5) is 19.7. The van der Waals surface area contributed by atoms with Gasteiger partial charge in [0.15, 0.2) is 4.34 Å². The Morgan fingerprint density at radius 1 is 1.30 bits per heavy atom. The maximum Gasteiger partial charge on any atom is 0.274 e. The number of rotatable bonds is 4. The highest BCUT2D eigenvalue weighted by molar-refractivity contribution is 8.00. The van der Waals surface area contributed by atoms with Gasteiger partial charge in [0.1, 0.15) is 0 Å². The van der Waals surface area contributed by atoms with Crippen molar-refractivity contribution in [3.05, 3.63) is 46.4 Å². The average molecular weight is 345 g/mol. The van der Waals surface area contributed by atoms with Crippen LogP contribution >= 0.6 is 23.1 Å². The number of nitrogens with one attached hydrogen (secondary N) is 2. The average Bonchev–Trinajstić information content (AvgIpc) is 3.23. The van der Waals surface area contributed by atoms with E-state index in [0.29, 0.717) is 16.8 Å². The van der Waals surface area contributed by atoms with E-state index in [0.717, 1.165) is 21.1 Å². The molecule has 0 atom stereocenters. The number of nitrogens with two attached hydrogens (primary N) is 1. The first-order valence-corrected chi connectivity index (χ1v) is 8.47.